The lowest BCUT2D eigenvalue weighted by Gasteiger charge is -2.09. The molecule has 0 unspecified atom stereocenters. The first kappa shape index (κ1) is 13.5. The highest BCUT2D eigenvalue weighted by Gasteiger charge is 2.07. The number of nitrogens with one attached hydrogen (secondary N) is 2. The molecule has 0 saturated carbocycles. The molecule has 0 amide bonds. The van der Waals surface area contributed by atoms with Crippen molar-refractivity contribution < 1.29 is 0 Å². The van der Waals surface area contributed by atoms with Gasteiger partial charge >= 0.3 is 0 Å². The summed E-state index contributed by atoms with van der Waals surface area (Å²) in [6.07, 6.45) is 0. The number of pyridine rings is 1. The number of anilines is 3. The van der Waals surface area contributed by atoms with Crippen LogP contribution < -0.4 is 10.6 Å². The summed E-state index contributed by atoms with van der Waals surface area (Å²) in [6, 6.07) is 9.88. The van der Waals surface area contributed by atoms with Crippen LogP contribution in [-0.2, 0) is 0 Å². The third kappa shape index (κ3) is 2.85. The molecule has 0 bridgehead atoms. The van der Waals surface area contributed by atoms with Gasteiger partial charge in [-0.3, -0.25) is 4.98 Å². The zero-order valence-electron chi connectivity index (χ0n) is 11.6. The van der Waals surface area contributed by atoms with Gasteiger partial charge in [0, 0.05) is 18.1 Å². The van der Waals surface area contributed by atoms with E-state index in [1.54, 1.807) is 7.05 Å². The molecular weight excluding hydrogens is 288 g/mol. The second-order valence-corrected chi connectivity index (χ2v) is 4.79. The Bertz CT molecular complexity index is 805. The molecule has 7 heteroatoms. The number of nitrogens with zero attached hydrogens (tertiary/aromatic N) is 4. The Morgan fingerprint density at radius 3 is 2.57 bits per heavy atom. The number of fused-ring (bicyclic) bond motifs is 1. The molecule has 0 aliphatic heterocycles. The molecule has 2 N–H and O–H groups in total. The van der Waals surface area contributed by atoms with Gasteiger partial charge in [-0.1, -0.05) is 18.2 Å². The van der Waals surface area contributed by atoms with E-state index in [1.165, 1.54) is 0 Å². The smallest absolute Gasteiger partial charge is 0.233 e. The summed E-state index contributed by atoms with van der Waals surface area (Å²) < 4.78 is 0. The van der Waals surface area contributed by atoms with Crippen molar-refractivity contribution in [1.82, 2.24) is 19.9 Å². The van der Waals surface area contributed by atoms with Crippen molar-refractivity contribution in [2.45, 2.75) is 6.92 Å². The minimum Gasteiger partial charge on any atom is -0.357 e. The standard InChI is InChI=1S/C14H13ClN6/c1-8-6-7-9-4-3-5-10(11(9)17-8)18-14-20-12(15)19-13(16-2)21-14/h3-7H,1-2H3,(H2,16,18,19,20,21). The molecule has 0 saturated heterocycles. The fourth-order valence-electron chi connectivity index (χ4n) is 1.98. The molecule has 6 nitrogen and oxygen atoms in total. The molecule has 0 radical (unpaired) electrons. The lowest BCUT2D eigenvalue weighted by Crippen LogP contribution is -2.04. The fourth-order valence-corrected chi connectivity index (χ4v) is 2.14. The monoisotopic (exact) mass is 300 g/mol. The summed E-state index contributed by atoms with van der Waals surface area (Å²) >= 11 is 5.88. The van der Waals surface area contributed by atoms with E-state index in [0.29, 0.717) is 11.9 Å². The number of benzene rings is 1. The van der Waals surface area contributed by atoms with Crippen molar-refractivity contribution in [2.75, 3.05) is 17.7 Å². The summed E-state index contributed by atoms with van der Waals surface area (Å²) in [5, 5.41) is 7.15. The van der Waals surface area contributed by atoms with Crippen molar-refractivity contribution in [3.05, 3.63) is 41.3 Å². The average Bonchev–Trinajstić information content (AvgIpc) is 2.47. The maximum Gasteiger partial charge on any atom is 0.233 e. The van der Waals surface area contributed by atoms with Crippen LogP contribution in [0.3, 0.4) is 0 Å². The maximum atomic E-state index is 5.88. The van der Waals surface area contributed by atoms with Crippen molar-refractivity contribution in [3.8, 4) is 0 Å². The summed E-state index contributed by atoms with van der Waals surface area (Å²) in [4.78, 5) is 16.8. The number of halogens is 1. The number of hydrogen-bond acceptors (Lipinski definition) is 6. The Hall–Kier alpha value is -2.47. The van der Waals surface area contributed by atoms with Gasteiger partial charge in [-0.05, 0) is 30.7 Å². The average molecular weight is 301 g/mol. The zero-order chi connectivity index (χ0) is 14.8. The molecule has 1 aromatic carbocycles. The molecule has 0 aliphatic rings. The number of aryl methyl sites for hydroxylation is 1. The SMILES string of the molecule is CNc1nc(Cl)nc(Nc2cccc3ccc(C)nc23)n1. The van der Waals surface area contributed by atoms with Gasteiger partial charge in [-0.25, -0.2) is 0 Å². The van der Waals surface area contributed by atoms with Crippen LogP contribution in [0.5, 0.6) is 0 Å². The number of aromatic nitrogens is 4. The minimum absolute atomic E-state index is 0.126. The largest absolute Gasteiger partial charge is 0.357 e. The van der Waals surface area contributed by atoms with Crippen LogP contribution in [0.15, 0.2) is 30.3 Å². The van der Waals surface area contributed by atoms with Crippen LogP contribution in [0.4, 0.5) is 17.6 Å². The van der Waals surface area contributed by atoms with E-state index in [-0.39, 0.29) is 5.28 Å². The Kier molecular flexibility index (Phi) is 3.53. The Morgan fingerprint density at radius 2 is 1.76 bits per heavy atom. The topological polar surface area (TPSA) is 75.6 Å². The maximum absolute atomic E-state index is 5.88. The normalized spacial score (nSPS) is 10.6. The van der Waals surface area contributed by atoms with Crippen molar-refractivity contribution in [1.29, 1.82) is 0 Å². The summed E-state index contributed by atoms with van der Waals surface area (Å²) in [5.74, 6) is 0.775. The van der Waals surface area contributed by atoms with Crippen LogP contribution in [0.2, 0.25) is 5.28 Å². The zero-order valence-corrected chi connectivity index (χ0v) is 12.3. The van der Waals surface area contributed by atoms with Crippen molar-refractivity contribution >= 4 is 40.1 Å². The Balaban J connectivity index is 2.05. The van der Waals surface area contributed by atoms with Crippen LogP contribution in [0.1, 0.15) is 5.69 Å². The minimum atomic E-state index is 0.126. The van der Waals surface area contributed by atoms with E-state index < -0.39 is 0 Å². The van der Waals surface area contributed by atoms with Gasteiger partial charge in [-0.2, -0.15) is 15.0 Å². The first-order valence-electron chi connectivity index (χ1n) is 6.38. The van der Waals surface area contributed by atoms with Gasteiger partial charge in [0.2, 0.25) is 17.2 Å². The third-order valence-corrected chi connectivity index (χ3v) is 3.11. The number of para-hydroxylation sites is 1. The van der Waals surface area contributed by atoms with Crippen LogP contribution in [-0.4, -0.2) is 27.0 Å². The predicted octanol–water partition coefficient (Wildman–Crippen LogP) is 3.17. The molecule has 3 aromatic rings. The van der Waals surface area contributed by atoms with Crippen molar-refractivity contribution in [2.24, 2.45) is 0 Å². The van der Waals surface area contributed by atoms with Crippen LogP contribution in [0.25, 0.3) is 10.9 Å². The van der Waals surface area contributed by atoms with Crippen LogP contribution in [0, 0.1) is 6.92 Å². The molecule has 106 valence electrons. The highest BCUT2D eigenvalue weighted by Crippen LogP contribution is 2.24. The lowest BCUT2D eigenvalue weighted by molar-refractivity contribution is 1.05. The van der Waals surface area contributed by atoms with E-state index in [4.69, 9.17) is 11.6 Å². The molecule has 0 aliphatic carbocycles. The third-order valence-electron chi connectivity index (χ3n) is 2.94. The van der Waals surface area contributed by atoms with E-state index in [2.05, 4.69) is 30.6 Å². The fraction of sp³-hybridized carbons (Fsp3) is 0.143. The van der Waals surface area contributed by atoms with Gasteiger partial charge in [0.15, 0.2) is 0 Å². The highest BCUT2D eigenvalue weighted by molar-refractivity contribution is 6.28. The molecule has 0 fully saturated rings. The Labute approximate surface area is 126 Å². The molecule has 0 spiro atoms. The summed E-state index contributed by atoms with van der Waals surface area (Å²) in [5.41, 5.74) is 2.63. The molecule has 3 rings (SSSR count). The predicted molar refractivity (Wildman–Crippen MR) is 84.1 cm³/mol. The first-order valence-corrected chi connectivity index (χ1v) is 6.76. The first-order chi connectivity index (χ1) is 10.2. The van der Waals surface area contributed by atoms with Crippen molar-refractivity contribution in [3.63, 3.8) is 0 Å². The van der Waals surface area contributed by atoms with E-state index in [9.17, 15) is 0 Å². The molecule has 2 aromatic heterocycles. The lowest BCUT2D eigenvalue weighted by atomic mass is 10.2. The quantitative estimate of drug-likeness (QED) is 0.774. The molecule has 21 heavy (non-hydrogen) atoms. The van der Waals surface area contributed by atoms with Gasteiger partial charge < -0.3 is 10.6 Å². The molecule has 2 heterocycles. The summed E-state index contributed by atoms with van der Waals surface area (Å²) in [6.45, 7) is 1.95. The van der Waals surface area contributed by atoms with E-state index >= 15 is 0 Å². The number of rotatable bonds is 3. The molecule has 0 atom stereocenters. The second kappa shape index (κ2) is 5.49. The Morgan fingerprint density at radius 1 is 0.952 bits per heavy atom. The highest BCUT2D eigenvalue weighted by atomic mass is 35.5. The second-order valence-electron chi connectivity index (χ2n) is 4.46. The van der Waals surface area contributed by atoms with Gasteiger partial charge in [0.05, 0.1) is 11.2 Å². The van der Waals surface area contributed by atoms with Gasteiger partial charge in [0.1, 0.15) is 0 Å². The van der Waals surface area contributed by atoms with E-state index in [1.807, 2.05) is 37.3 Å². The van der Waals surface area contributed by atoms with Gasteiger partial charge in [0.25, 0.3) is 0 Å². The van der Waals surface area contributed by atoms with Gasteiger partial charge in [-0.15, -0.1) is 0 Å². The molecular formula is C14H13ClN6. The summed E-state index contributed by atoms with van der Waals surface area (Å²) in [7, 11) is 1.72. The number of hydrogen-bond donors (Lipinski definition) is 2. The van der Waals surface area contributed by atoms with Crippen LogP contribution >= 0.6 is 11.6 Å². The van der Waals surface area contributed by atoms with E-state index in [0.717, 1.165) is 22.3 Å².